The minimum Gasteiger partial charge on any atom is -0.598 e. The Morgan fingerprint density at radius 2 is 1.74 bits per heavy atom. The molecule has 23 heavy (non-hydrogen) atoms. The normalized spacial score (nSPS) is 14.3. The maximum Gasteiger partial charge on any atom is 0.136 e. The third-order valence-electron chi connectivity index (χ3n) is 3.51. The number of benzene rings is 2. The molecule has 4 heteroatoms. The second-order valence-corrected chi connectivity index (χ2v) is 8.66. The Balaban J connectivity index is 2.09. The van der Waals surface area contributed by atoms with Crippen molar-refractivity contribution in [3.8, 4) is 11.5 Å². The van der Waals surface area contributed by atoms with Crippen LogP contribution in [0.1, 0.15) is 44.9 Å². The Morgan fingerprint density at radius 3 is 2.30 bits per heavy atom. The summed E-state index contributed by atoms with van der Waals surface area (Å²) >= 11 is -1.09. The fourth-order valence-corrected chi connectivity index (χ4v) is 2.89. The van der Waals surface area contributed by atoms with Crippen molar-refractivity contribution in [2.75, 3.05) is 0 Å². The predicted octanol–water partition coefficient (Wildman–Crippen LogP) is 4.90. The average Bonchev–Trinajstić information content (AvgIpc) is 2.49. The van der Waals surface area contributed by atoms with Crippen LogP contribution < -0.4 is 9.46 Å². The fraction of sp³-hybridized carbons (Fsp3) is 0.368. The van der Waals surface area contributed by atoms with Crippen LogP contribution in [0.4, 0.5) is 0 Å². The molecule has 1 unspecified atom stereocenters. The van der Waals surface area contributed by atoms with Gasteiger partial charge in [0.1, 0.15) is 16.2 Å². The summed E-state index contributed by atoms with van der Waals surface area (Å²) in [7, 11) is 0. The summed E-state index contributed by atoms with van der Waals surface area (Å²) in [4.78, 5) is 0. The highest BCUT2D eigenvalue weighted by molar-refractivity contribution is 7.90. The number of ether oxygens (including phenoxy) is 1. The molecular formula is C19H25NO2S. The van der Waals surface area contributed by atoms with E-state index in [1.165, 1.54) is 0 Å². The van der Waals surface area contributed by atoms with Gasteiger partial charge in [-0.1, -0.05) is 30.3 Å². The second kappa shape index (κ2) is 7.39. The van der Waals surface area contributed by atoms with Crippen LogP contribution in [0.15, 0.2) is 48.5 Å². The molecule has 2 rings (SSSR count). The van der Waals surface area contributed by atoms with Gasteiger partial charge in [-0.05, 0) is 63.9 Å². The third kappa shape index (κ3) is 4.99. The molecule has 0 aromatic heterocycles. The van der Waals surface area contributed by atoms with Crippen LogP contribution in [0.5, 0.6) is 11.5 Å². The average molecular weight is 331 g/mol. The van der Waals surface area contributed by atoms with E-state index in [-0.39, 0.29) is 10.8 Å². The summed E-state index contributed by atoms with van der Waals surface area (Å²) in [6.45, 7) is 9.94. The minimum atomic E-state index is -1.09. The van der Waals surface area contributed by atoms with E-state index in [1.807, 2.05) is 77.1 Å². The van der Waals surface area contributed by atoms with Gasteiger partial charge in [-0.15, -0.1) is 4.72 Å². The van der Waals surface area contributed by atoms with Gasteiger partial charge in [-0.25, -0.2) is 0 Å². The van der Waals surface area contributed by atoms with E-state index in [4.69, 9.17) is 4.74 Å². The lowest BCUT2D eigenvalue weighted by Gasteiger charge is -2.26. The Morgan fingerprint density at radius 1 is 1.09 bits per heavy atom. The molecule has 0 aliphatic carbocycles. The summed E-state index contributed by atoms with van der Waals surface area (Å²) in [5.41, 5.74) is 2.15. The van der Waals surface area contributed by atoms with E-state index in [0.717, 1.165) is 22.6 Å². The Kier molecular flexibility index (Phi) is 5.74. The van der Waals surface area contributed by atoms with Crippen LogP contribution in [0.2, 0.25) is 0 Å². The van der Waals surface area contributed by atoms with Gasteiger partial charge in [0.15, 0.2) is 0 Å². The SMILES string of the molecule is Cc1cc([C@H](C)N[S+]([O-])C(C)(C)C)ccc1Oc1ccccc1. The summed E-state index contributed by atoms with van der Waals surface area (Å²) in [5.74, 6) is 1.66. The van der Waals surface area contributed by atoms with Crippen molar-refractivity contribution < 1.29 is 9.29 Å². The predicted molar refractivity (Wildman–Crippen MR) is 97.1 cm³/mol. The molecule has 0 saturated carbocycles. The van der Waals surface area contributed by atoms with Gasteiger partial charge in [-0.2, -0.15) is 0 Å². The van der Waals surface area contributed by atoms with Crippen molar-refractivity contribution in [3.63, 3.8) is 0 Å². The van der Waals surface area contributed by atoms with E-state index in [2.05, 4.69) is 10.8 Å². The highest BCUT2D eigenvalue weighted by Gasteiger charge is 2.28. The molecule has 2 atom stereocenters. The summed E-state index contributed by atoms with van der Waals surface area (Å²) < 4.78 is 21.0. The molecule has 2 aromatic carbocycles. The molecule has 0 saturated heterocycles. The Hall–Kier alpha value is -1.49. The standard InChI is InChI=1S/C19H25NO2S/c1-14-13-16(15(2)20-23(21)19(3,4)5)11-12-18(14)22-17-9-7-6-8-10-17/h6-13,15,20H,1-5H3/t15-,23?/m0/s1. The van der Waals surface area contributed by atoms with Crippen molar-refractivity contribution in [1.82, 2.24) is 4.72 Å². The van der Waals surface area contributed by atoms with Crippen molar-refractivity contribution in [1.29, 1.82) is 0 Å². The van der Waals surface area contributed by atoms with E-state index in [0.29, 0.717) is 0 Å². The molecule has 3 nitrogen and oxygen atoms in total. The van der Waals surface area contributed by atoms with Gasteiger partial charge in [0, 0.05) is 11.4 Å². The van der Waals surface area contributed by atoms with Crippen molar-refractivity contribution >= 4 is 11.4 Å². The maximum absolute atomic E-state index is 12.2. The summed E-state index contributed by atoms with van der Waals surface area (Å²) in [6.07, 6.45) is 0. The van der Waals surface area contributed by atoms with Crippen LogP contribution in [0.3, 0.4) is 0 Å². The van der Waals surface area contributed by atoms with Gasteiger partial charge in [0.25, 0.3) is 0 Å². The third-order valence-corrected chi connectivity index (χ3v) is 5.19. The molecule has 0 radical (unpaired) electrons. The van der Waals surface area contributed by atoms with Crippen LogP contribution in [-0.2, 0) is 11.4 Å². The lowest BCUT2D eigenvalue weighted by Crippen LogP contribution is -2.40. The topological polar surface area (TPSA) is 44.3 Å². The quantitative estimate of drug-likeness (QED) is 0.793. The zero-order chi connectivity index (χ0) is 17.0. The highest BCUT2D eigenvalue weighted by atomic mass is 32.2. The molecule has 0 spiro atoms. The first-order valence-corrected chi connectivity index (χ1v) is 8.94. The van der Waals surface area contributed by atoms with E-state index in [1.54, 1.807) is 0 Å². The fourth-order valence-electron chi connectivity index (χ4n) is 2.08. The smallest absolute Gasteiger partial charge is 0.136 e. The molecule has 0 heterocycles. The first-order valence-electron chi connectivity index (χ1n) is 7.79. The highest BCUT2D eigenvalue weighted by Crippen LogP contribution is 2.28. The number of hydrogen-bond acceptors (Lipinski definition) is 3. The zero-order valence-corrected chi connectivity index (χ0v) is 15.2. The number of hydrogen-bond donors (Lipinski definition) is 1. The monoisotopic (exact) mass is 331 g/mol. The number of nitrogens with one attached hydrogen (secondary N) is 1. The Labute approximate surface area is 142 Å². The molecule has 124 valence electrons. The molecule has 1 N–H and O–H groups in total. The maximum atomic E-state index is 12.2. The van der Waals surface area contributed by atoms with E-state index < -0.39 is 11.4 Å². The second-order valence-electron chi connectivity index (χ2n) is 6.66. The molecule has 0 aliphatic rings. The van der Waals surface area contributed by atoms with Crippen molar-refractivity contribution in [2.24, 2.45) is 0 Å². The molecule has 0 fully saturated rings. The zero-order valence-electron chi connectivity index (χ0n) is 14.4. The van der Waals surface area contributed by atoms with Gasteiger partial charge in [0.05, 0.1) is 6.04 Å². The first kappa shape index (κ1) is 17.9. The lowest BCUT2D eigenvalue weighted by atomic mass is 10.1. The molecule has 2 aromatic rings. The number of aryl methyl sites for hydroxylation is 1. The largest absolute Gasteiger partial charge is 0.598 e. The number of rotatable bonds is 5. The van der Waals surface area contributed by atoms with Gasteiger partial charge in [-0.3, -0.25) is 0 Å². The number of para-hydroxylation sites is 1. The van der Waals surface area contributed by atoms with Crippen LogP contribution >= 0.6 is 0 Å². The van der Waals surface area contributed by atoms with Gasteiger partial charge in [0.2, 0.25) is 0 Å². The summed E-state index contributed by atoms with van der Waals surface area (Å²) in [5, 5.41) is 0. The van der Waals surface area contributed by atoms with E-state index in [9.17, 15) is 4.55 Å². The van der Waals surface area contributed by atoms with Crippen LogP contribution in [0, 0.1) is 6.92 Å². The van der Waals surface area contributed by atoms with Crippen LogP contribution in [0.25, 0.3) is 0 Å². The molecular weight excluding hydrogens is 306 g/mol. The minimum absolute atomic E-state index is 0.0135. The van der Waals surface area contributed by atoms with Crippen LogP contribution in [-0.4, -0.2) is 9.30 Å². The molecule has 0 amide bonds. The van der Waals surface area contributed by atoms with E-state index >= 15 is 0 Å². The molecule has 0 aliphatic heterocycles. The van der Waals surface area contributed by atoms with Crippen molar-refractivity contribution in [2.45, 2.75) is 45.4 Å². The van der Waals surface area contributed by atoms with Gasteiger partial charge < -0.3 is 9.29 Å². The Bertz CT molecular complexity index is 638. The first-order chi connectivity index (χ1) is 10.8. The van der Waals surface area contributed by atoms with Crippen molar-refractivity contribution in [3.05, 3.63) is 59.7 Å². The molecule has 0 bridgehead atoms. The lowest BCUT2D eigenvalue weighted by molar-refractivity contribution is 0.478. The summed E-state index contributed by atoms with van der Waals surface area (Å²) in [6, 6.07) is 15.8. The van der Waals surface area contributed by atoms with Gasteiger partial charge >= 0.3 is 0 Å².